The summed E-state index contributed by atoms with van der Waals surface area (Å²) in [5.74, 6) is -0.928. The summed E-state index contributed by atoms with van der Waals surface area (Å²) < 4.78 is 39.7. The van der Waals surface area contributed by atoms with Crippen molar-refractivity contribution >= 4 is 27.6 Å². The van der Waals surface area contributed by atoms with Gasteiger partial charge in [0, 0.05) is 36.3 Å². The molecule has 0 spiro atoms. The number of hydrogen-bond acceptors (Lipinski definition) is 3. The molecule has 1 aliphatic rings. The van der Waals surface area contributed by atoms with E-state index in [0.717, 1.165) is 6.07 Å². The number of aliphatic carboxylic acids is 1. The lowest BCUT2D eigenvalue weighted by Gasteiger charge is -2.36. The molecule has 0 atom stereocenters. The first-order valence-electron chi connectivity index (χ1n) is 6.33. The number of carboxylic acid groups (broad SMARTS) is 1. The summed E-state index contributed by atoms with van der Waals surface area (Å²) in [6, 6.07) is 4.09. The van der Waals surface area contributed by atoms with E-state index in [1.165, 1.54) is 6.07 Å². The lowest BCUT2D eigenvalue weighted by molar-refractivity contribution is -0.138. The summed E-state index contributed by atoms with van der Waals surface area (Å²) in [5, 5.41) is 8.72. The van der Waals surface area contributed by atoms with E-state index in [1.54, 1.807) is 15.9 Å². The van der Waals surface area contributed by atoms with E-state index >= 15 is 0 Å². The van der Waals surface area contributed by atoms with Crippen molar-refractivity contribution in [3.63, 3.8) is 0 Å². The smallest absolute Gasteiger partial charge is 0.418 e. The van der Waals surface area contributed by atoms with Crippen molar-refractivity contribution in [1.29, 1.82) is 0 Å². The van der Waals surface area contributed by atoms with Crippen LogP contribution in [0.2, 0.25) is 0 Å². The first kappa shape index (κ1) is 16.1. The topological polar surface area (TPSA) is 43.8 Å². The molecule has 0 radical (unpaired) electrons. The monoisotopic (exact) mass is 366 g/mol. The Morgan fingerprint density at radius 1 is 1.24 bits per heavy atom. The summed E-state index contributed by atoms with van der Waals surface area (Å²) >= 11 is 3.06. The minimum atomic E-state index is -4.42. The average molecular weight is 367 g/mol. The predicted molar refractivity (Wildman–Crippen MR) is 75.4 cm³/mol. The van der Waals surface area contributed by atoms with Gasteiger partial charge in [-0.05, 0) is 18.2 Å². The van der Waals surface area contributed by atoms with E-state index in [0.29, 0.717) is 30.7 Å². The molecule has 1 N–H and O–H groups in total. The van der Waals surface area contributed by atoms with Crippen LogP contribution in [0.25, 0.3) is 0 Å². The highest BCUT2D eigenvalue weighted by Gasteiger charge is 2.35. The van der Waals surface area contributed by atoms with E-state index in [4.69, 9.17) is 5.11 Å². The number of halogens is 4. The van der Waals surface area contributed by atoms with Gasteiger partial charge >= 0.3 is 12.1 Å². The summed E-state index contributed by atoms with van der Waals surface area (Å²) in [6.45, 7) is 1.52. The highest BCUT2D eigenvalue weighted by atomic mass is 79.9. The van der Waals surface area contributed by atoms with Gasteiger partial charge in [0.15, 0.2) is 0 Å². The maximum Gasteiger partial charge on any atom is 0.418 e. The Morgan fingerprint density at radius 3 is 2.38 bits per heavy atom. The molecule has 8 heteroatoms. The van der Waals surface area contributed by atoms with Crippen LogP contribution in [0.4, 0.5) is 18.9 Å². The van der Waals surface area contributed by atoms with E-state index in [9.17, 15) is 18.0 Å². The number of carbonyl (C=O) groups is 1. The van der Waals surface area contributed by atoms with Crippen LogP contribution in [0.15, 0.2) is 22.7 Å². The lowest BCUT2D eigenvalue weighted by Crippen LogP contribution is -2.48. The molecule has 21 heavy (non-hydrogen) atoms. The molecule has 0 unspecified atom stereocenters. The van der Waals surface area contributed by atoms with Crippen LogP contribution < -0.4 is 4.90 Å². The molecule has 1 aromatic rings. The second kappa shape index (κ2) is 6.23. The van der Waals surface area contributed by atoms with Crippen LogP contribution in [0.3, 0.4) is 0 Å². The van der Waals surface area contributed by atoms with Gasteiger partial charge in [-0.1, -0.05) is 15.9 Å². The van der Waals surface area contributed by atoms with Crippen molar-refractivity contribution in [1.82, 2.24) is 4.90 Å². The number of piperazine rings is 1. The van der Waals surface area contributed by atoms with Crippen molar-refractivity contribution in [3.05, 3.63) is 28.2 Å². The summed E-state index contributed by atoms with van der Waals surface area (Å²) in [4.78, 5) is 14.0. The van der Waals surface area contributed by atoms with Gasteiger partial charge in [0.25, 0.3) is 0 Å². The van der Waals surface area contributed by atoms with Crippen molar-refractivity contribution in [2.45, 2.75) is 6.18 Å². The Bertz CT molecular complexity index is 529. The third-order valence-corrected chi connectivity index (χ3v) is 3.83. The van der Waals surface area contributed by atoms with E-state index in [-0.39, 0.29) is 12.2 Å². The zero-order valence-electron chi connectivity index (χ0n) is 11.0. The molecule has 0 saturated carbocycles. The quantitative estimate of drug-likeness (QED) is 0.892. The van der Waals surface area contributed by atoms with Crippen LogP contribution >= 0.6 is 15.9 Å². The van der Waals surface area contributed by atoms with Gasteiger partial charge in [-0.3, -0.25) is 9.69 Å². The average Bonchev–Trinajstić information content (AvgIpc) is 2.38. The summed E-state index contributed by atoms with van der Waals surface area (Å²) in [6.07, 6.45) is -4.42. The first-order chi connectivity index (χ1) is 9.77. The normalized spacial score (nSPS) is 17.0. The fourth-order valence-corrected chi connectivity index (χ4v) is 2.71. The Morgan fingerprint density at radius 2 is 1.86 bits per heavy atom. The van der Waals surface area contributed by atoms with Crippen LogP contribution in [0, 0.1) is 0 Å². The number of benzene rings is 1. The number of hydrogen-bond donors (Lipinski definition) is 1. The standard InChI is InChI=1S/C13H14BrF3N2O2/c14-9-1-2-11(10(7-9)13(15,16)17)19-5-3-18(4-6-19)8-12(20)21/h1-2,7H,3-6,8H2,(H,20,21). The minimum Gasteiger partial charge on any atom is -0.480 e. The third-order valence-electron chi connectivity index (χ3n) is 3.34. The highest BCUT2D eigenvalue weighted by Crippen LogP contribution is 2.38. The van der Waals surface area contributed by atoms with E-state index in [1.807, 2.05) is 0 Å². The van der Waals surface area contributed by atoms with Crippen molar-refractivity contribution in [3.8, 4) is 0 Å². The van der Waals surface area contributed by atoms with E-state index < -0.39 is 17.7 Å². The highest BCUT2D eigenvalue weighted by molar-refractivity contribution is 9.10. The molecule has 0 amide bonds. The Hall–Kier alpha value is -1.28. The molecule has 1 heterocycles. The summed E-state index contributed by atoms with van der Waals surface area (Å²) in [5.41, 5.74) is -0.538. The first-order valence-corrected chi connectivity index (χ1v) is 7.12. The fraction of sp³-hybridized carbons (Fsp3) is 0.462. The zero-order valence-corrected chi connectivity index (χ0v) is 12.6. The molecule has 4 nitrogen and oxygen atoms in total. The minimum absolute atomic E-state index is 0.0830. The molecule has 1 saturated heterocycles. The summed E-state index contributed by atoms with van der Waals surface area (Å²) in [7, 11) is 0. The van der Waals surface area contributed by atoms with Crippen LogP contribution in [0.1, 0.15) is 5.56 Å². The van der Waals surface area contributed by atoms with Crippen molar-refractivity contribution in [2.24, 2.45) is 0 Å². The SMILES string of the molecule is O=C(O)CN1CCN(c2ccc(Br)cc2C(F)(F)F)CC1. The predicted octanol–water partition coefficient (Wildman–Crippen LogP) is 2.67. The van der Waals surface area contributed by atoms with Gasteiger partial charge in [0.2, 0.25) is 0 Å². The second-order valence-electron chi connectivity index (χ2n) is 4.82. The molecule has 0 bridgehead atoms. The molecule has 0 aliphatic carbocycles. The maximum atomic E-state index is 13.1. The van der Waals surface area contributed by atoms with Crippen molar-refractivity contribution in [2.75, 3.05) is 37.6 Å². The van der Waals surface area contributed by atoms with Gasteiger partial charge in [-0.25, -0.2) is 0 Å². The van der Waals surface area contributed by atoms with Gasteiger partial charge in [-0.15, -0.1) is 0 Å². The molecule has 2 rings (SSSR count). The second-order valence-corrected chi connectivity index (χ2v) is 5.73. The Kier molecular flexibility index (Phi) is 4.77. The molecule has 1 fully saturated rings. The zero-order chi connectivity index (χ0) is 15.6. The number of carboxylic acids is 1. The number of alkyl halides is 3. The molecular formula is C13H14BrF3N2O2. The fourth-order valence-electron chi connectivity index (χ4n) is 2.35. The molecular weight excluding hydrogens is 353 g/mol. The molecule has 1 aliphatic heterocycles. The lowest BCUT2D eigenvalue weighted by atomic mass is 10.1. The molecule has 1 aromatic carbocycles. The van der Waals surface area contributed by atoms with Gasteiger partial charge in [-0.2, -0.15) is 13.2 Å². The van der Waals surface area contributed by atoms with Crippen LogP contribution in [-0.2, 0) is 11.0 Å². The maximum absolute atomic E-state index is 13.1. The molecule has 0 aromatic heterocycles. The number of anilines is 1. The van der Waals surface area contributed by atoms with Gasteiger partial charge in [0.05, 0.1) is 12.1 Å². The van der Waals surface area contributed by atoms with Gasteiger partial charge in [0.1, 0.15) is 0 Å². The Labute approximate surface area is 128 Å². The van der Waals surface area contributed by atoms with Crippen molar-refractivity contribution < 1.29 is 23.1 Å². The number of rotatable bonds is 3. The van der Waals surface area contributed by atoms with Crippen LogP contribution in [0.5, 0.6) is 0 Å². The third kappa shape index (κ3) is 4.10. The molecule has 116 valence electrons. The van der Waals surface area contributed by atoms with Crippen LogP contribution in [-0.4, -0.2) is 48.7 Å². The largest absolute Gasteiger partial charge is 0.480 e. The number of nitrogens with zero attached hydrogens (tertiary/aromatic N) is 2. The van der Waals surface area contributed by atoms with Gasteiger partial charge < -0.3 is 10.0 Å². The Balaban J connectivity index is 2.15. The van der Waals surface area contributed by atoms with E-state index in [2.05, 4.69) is 15.9 Å².